The van der Waals surface area contributed by atoms with E-state index in [1.165, 1.54) is 48.7 Å². The van der Waals surface area contributed by atoms with Crippen molar-refractivity contribution in [1.29, 1.82) is 0 Å². The highest BCUT2D eigenvalue weighted by Gasteiger charge is 2.46. The summed E-state index contributed by atoms with van der Waals surface area (Å²) in [7, 11) is 0. The summed E-state index contributed by atoms with van der Waals surface area (Å²) in [6, 6.07) is 5.64. The molecule has 0 radical (unpaired) electrons. The number of nitrogens with zero attached hydrogens (tertiary/aromatic N) is 1. The number of hydrogen-bond donors (Lipinski definition) is 0. The first-order valence-electron chi connectivity index (χ1n) is 8.27. The van der Waals surface area contributed by atoms with Crippen molar-refractivity contribution in [3.8, 4) is 5.75 Å². The number of halogens is 1. The van der Waals surface area contributed by atoms with E-state index >= 15 is 0 Å². The third kappa shape index (κ3) is 4.41. The van der Waals surface area contributed by atoms with Crippen molar-refractivity contribution < 1.29 is 33.0 Å². The van der Waals surface area contributed by atoms with Crippen LogP contribution in [0.3, 0.4) is 0 Å². The minimum Gasteiger partial charge on any atom is -0.489 e. The molecular formula is C18H18FNO6S. The molecule has 0 bridgehead atoms. The van der Waals surface area contributed by atoms with Crippen LogP contribution >= 0.6 is 11.8 Å². The van der Waals surface area contributed by atoms with Crippen LogP contribution in [0.15, 0.2) is 35.5 Å². The highest BCUT2D eigenvalue weighted by atomic mass is 32.2. The Hall–Kier alpha value is -2.55. The molecule has 7 nitrogen and oxygen atoms in total. The van der Waals surface area contributed by atoms with Crippen LogP contribution in [0.5, 0.6) is 5.75 Å². The number of ether oxygens (including phenoxy) is 3. The van der Waals surface area contributed by atoms with Gasteiger partial charge in [-0.3, -0.25) is 14.5 Å². The molecule has 0 aromatic heterocycles. The number of carbonyl (C=O) groups excluding carboxylic acids is 3. The van der Waals surface area contributed by atoms with Crippen LogP contribution in [0.25, 0.3) is 0 Å². The Morgan fingerprint density at radius 2 is 2.15 bits per heavy atom. The smallest absolute Gasteiger partial charge is 0.358 e. The monoisotopic (exact) mass is 395 g/mol. The molecule has 2 aliphatic heterocycles. The van der Waals surface area contributed by atoms with Crippen LogP contribution in [0, 0.1) is 5.82 Å². The van der Waals surface area contributed by atoms with Gasteiger partial charge in [0.1, 0.15) is 23.9 Å². The average Bonchev–Trinajstić information content (AvgIpc) is 2.58. The van der Waals surface area contributed by atoms with E-state index < -0.39 is 24.0 Å². The van der Waals surface area contributed by atoms with Crippen molar-refractivity contribution in [2.45, 2.75) is 31.9 Å². The van der Waals surface area contributed by atoms with Crippen molar-refractivity contribution in [2.75, 3.05) is 12.4 Å². The minimum atomic E-state index is -1.09. The van der Waals surface area contributed by atoms with E-state index in [1.54, 1.807) is 6.07 Å². The number of esters is 2. The SMILES string of the molecule is CC(=O)OC(C)OC(=O)C1=C(COc2cccc(F)c2)CSC2CC(=O)N12. The van der Waals surface area contributed by atoms with Gasteiger partial charge in [-0.2, -0.15) is 0 Å². The first kappa shape index (κ1) is 19.2. The average molecular weight is 395 g/mol. The lowest BCUT2D eigenvalue weighted by atomic mass is 10.1. The Balaban J connectivity index is 1.79. The second kappa shape index (κ2) is 7.99. The minimum absolute atomic E-state index is 0.000662. The Labute approximate surface area is 159 Å². The summed E-state index contributed by atoms with van der Waals surface area (Å²) in [6.45, 7) is 2.61. The summed E-state index contributed by atoms with van der Waals surface area (Å²) in [5.41, 5.74) is 0.652. The number of amides is 1. The number of thioether (sulfide) groups is 1. The van der Waals surface area contributed by atoms with E-state index in [1.807, 2.05) is 0 Å². The van der Waals surface area contributed by atoms with Gasteiger partial charge in [-0.15, -0.1) is 11.8 Å². The van der Waals surface area contributed by atoms with Gasteiger partial charge in [-0.25, -0.2) is 9.18 Å². The number of β-lactam (4-membered cyclic amide) rings is 1. The second-order valence-corrected chi connectivity index (χ2v) is 7.18. The first-order chi connectivity index (χ1) is 12.8. The van der Waals surface area contributed by atoms with Crippen molar-refractivity contribution in [2.24, 2.45) is 0 Å². The predicted molar refractivity (Wildman–Crippen MR) is 94.0 cm³/mol. The van der Waals surface area contributed by atoms with Crippen molar-refractivity contribution in [3.63, 3.8) is 0 Å². The Morgan fingerprint density at radius 1 is 1.37 bits per heavy atom. The lowest BCUT2D eigenvalue weighted by molar-refractivity contribution is -0.182. The van der Waals surface area contributed by atoms with E-state index in [2.05, 4.69) is 0 Å². The molecule has 1 aromatic rings. The number of hydrogen-bond acceptors (Lipinski definition) is 7. The quantitative estimate of drug-likeness (QED) is 0.415. The maximum Gasteiger partial charge on any atom is 0.358 e. The van der Waals surface area contributed by atoms with Crippen molar-refractivity contribution in [3.05, 3.63) is 41.4 Å². The first-order valence-corrected chi connectivity index (χ1v) is 9.32. The normalized spacial score (nSPS) is 19.7. The van der Waals surface area contributed by atoms with E-state index in [0.29, 0.717) is 23.5 Å². The molecule has 144 valence electrons. The zero-order chi connectivity index (χ0) is 19.6. The molecule has 2 unspecified atom stereocenters. The molecule has 1 fully saturated rings. The third-order valence-electron chi connectivity index (χ3n) is 3.94. The summed E-state index contributed by atoms with van der Waals surface area (Å²) in [5, 5.41) is -0.123. The van der Waals surface area contributed by atoms with Gasteiger partial charge in [-0.05, 0) is 12.1 Å². The molecule has 0 aliphatic carbocycles. The lowest BCUT2D eigenvalue weighted by Gasteiger charge is -2.44. The zero-order valence-corrected chi connectivity index (χ0v) is 15.6. The fraction of sp³-hybridized carbons (Fsp3) is 0.389. The molecular weight excluding hydrogens is 377 g/mol. The van der Waals surface area contributed by atoms with E-state index in [9.17, 15) is 18.8 Å². The van der Waals surface area contributed by atoms with Crippen LogP contribution < -0.4 is 4.74 Å². The summed E-state index contributed by atoms with van der Waals surface area (Å²) in [4.78, 5) is 37.0. The fourth-order valence-electron chi connectivity index (χ4n) is 2.77. The molecule has 2 atom stereocenters. The number of carbonyl (C=O) groups is 3. The van der Waals surface area contributed by atoms with E-state index in [0.717, 1.165) is 0 Å². The van der Waals surface area contributed by atoms with Gasteiger partial charge in [0.15, 0.2) is 0 Å². The molecule has 1 aromatic carbocycles. The topological polar surface area (TPSA) is 82.1 Å². The van der Waals surface area contributed by atoms with Gasteiger partial charge in [0.25, 0.3) is 0 Å². The molecule has 1 amide bonds. The largest absolute Gasteiger partial charge is 0.489 e. The lowest BCUT2D eigenvalue weighted by Crippen LogP contribution is -2.54. The molecule has 2 aliphatic rings. The van der Waals surface area contributed by atoms with E-state index in [4.69, 9.17) is 14.2 Å². The maximum atomic E-state index is 13.3. The highest BCUT2D eigenvalue weighted by Crippen LogP contribution is 2.40. The van der Waals surface area contributed by atoms with Crippen LogP contribution in [0.4, 0.5) is 4.39 Å². The molecule has 0 spiro atoms. The zero-order valence-electron chi connectivity index (χ0n) is 14.8. The maximum absolute atomic E-state index is 13.3. The molecule has 3 rings (SSSR count). The number of rotatable bonds is 6. The highest BCUT2D eigenvalue weighted by molar-refractivity contribution is 8.00. The van der Waals surface area contributed by atoms with Gasteiger partial charge in [-0.1, -0.05) is 6.07 Å². The molecule has 0 saturated carbocycles. The Bertz CT molecular complexity index is 811. The van der Waals surface area contributed by atoms with Crippen molar-refractivity contribution >= 4 is 29.6 Å². The number of benzene rings is 1. The molecule has 2 heterocycles. The predicted octanol–water partition coefficient (Wildman–Crippen LogP) is 2.22. The van der Waals surface area contributed by atoms with Crippen LogP contribution in [-0.4, -0.2) is 46.8 Å². The summed E-state index contributed by atoms with van der Waals surface area (Å²) < 4.78 is 28.8. The van der Waals surface area contributed by atoms with Crippen LogP contribution in [0.1, 0.15) is 20.3 Å². The standard InChI is InChI=1S/C18H18FNO6S/c1-10(21)25-11(2)26-18(23)17-12(9-27-16-7-15(22)20(16)17)8-24-14-5-3-4-13(19)6-14/h3-6,11,16H,7-9H2,1-2H3. The van der Waals surface area contributed by atoms with Crippen LogP contribution in [0.2, 0.25) is 0 Å². The molecule has 27 heavy (non-hydrogen) atoms. The molecule has 9 heteroatoms. The molecule has 0 N–H and O–H groups in total. The fourth-order valence-corrected chi connectivity index (χ4v) is 4.02. The van der Waals surface area contributed by atoms with Gasteiger partial charge < -0.3 is 14.2 Å². The number of fused-ring (bicyclic) bond motifs is 1. The second-order valence-electron chi connectivity index (χ2n) is 6.01. The molecule has 1 saturated heterocycles. The van der Waals surface area contributed by atoms with Crippen molar-refractivity contribution in [1.82, 2.24) is 4.90 Å². The summed E-state index contributed by atoms with van der Waals surface area (Å²) in [6.07, 6.45) is -0.740. The van der Waals surface area contributed by atoms with Gasteiger partial charge in [0.05, 0.1) is 11.8 Å². The third-order valence-corrected chi connectivity index (χ3v) is 5.22. The Morgan fingerprint density at radius 3 is 2.81 bits per heavy atom. The van der Waals surface area contributed by atoms with Gasteiger partial charge in [0.2, 0.25) is 12.2 Å². The van der Waals surface area contributed by atoms with Gasteiger partial charge in [0, 0.05) is 31.2 Å². The summed E-state index contributed by atoms with van der Waals surface area (Å²) in [5.74, 6) is -1.20. The Kier molecular flexibility index (Phi) is 5.69. The van der Waals surface area contributed by atoms with Crippen LogP contribution in [-0.2, 0) is 23.9 Å². The van der Waals surface area contributed by atoms with E-state index in [-0.39, 0.29) is 23.6 Å². The summed E-state index contributed by atoms with van der Waals surface area (Å²) >= 11 is 1.51. The van der Waals surface area contributed by atoms with Gasteiger partial charge >= 0.3 is 11.9 Å².